The van der Waals surface area contributed by atoms with Crippen LogP contribution in [0.25, 0.3) is 21.9 Å². The molecule has 0 heterocycles. The third kappa shape index (κ3) is 3.07. The van der Waals surface area contributed by atoms with E-state index in [1.165, 1.54) is 30.3 Å². The van der Waals surface area contributed by atoms with Crippen molar-refractivity contribution in [2.75, 3.05) is 0 Å². The van der Waals surface area contributed by atoms with Gasteiger partial charge in [-0.25, -0.2) is 0 Å². The van der Waals surface area contributed by atoms with Crippen LogP contribution in [0.5, 0.6) is 5.75 Å². The molecule has 7 heteroatoms. The van der Waals surface area contributed by atoms with Gasteiger partial charge in [-0.1, -0.05) is 54.5 Å². The molecule has 3 rings (SSSR count). The van der Waals surface area contributed by atoms with E-state index in [9.17, 15) is 21.6 Å². The molecule has 3 aromatic carbocycles. The fraction of sp³-hybridized carbons (Fsp3) is 0.0588. The molecule has 0 bridgehead atoms. The molecule has 24 heavy (non-hydrogen) atoms. The molecule has 3 nitrogen and oxygen atoms in total. The fourth-order valence-corrected chi connectivity index (χ4v) is 2.52. The van der Waals surface area contributed by atoms with Crippen LogP contribution in [0.2, 0.25) is 0 Å². The molecular weight excluding hydrogens is 341 g/mol. The van der Waals surface area contributed by atoms with Crippen molar-refractivity contribution in [3.63, 3.8) is 0 Å². The Kier molecular flexibility index (Phi) is 2.69. The summed E-state index contributed by atoms with van der Waals surface area (Å²) in [4.78, 5) is 0. The molecule has 0 aliphatic heterocycles. The maximum absolute atomic E-state index is 12.8. The van der Waals surface area contributed by atoms with Crippen molar-refractivity contribution >= 4 is 20.9 Å². The van der Waals surface area contributed by atoms with Gasteiger partial charge in [-0.3, -0.25) is 0 Å². The van der Waals surface area contributed by atoms with Crippen LogP contribution in [0.3, 0.4) is 0 Å². The second-order valence-corrected chi connectivity index (χ2v) is 6.22. The molecule has 0 unspecified atom stereocenters. The minimum Gasteiger partial charge on any atom is -0.375 e. The summed E-state index contributed by atoms with van der Waals surface area (Å²) in [6.07, 6.45) is 0. The quantitative estimate of drug-likeness (QED) is 0.502. The summed E-state index contributed by atoms with van der Waals surface area (Å²) in [5.74, 6) is -0.678. The predicted molar refractivity (Wildman–Crippen MR) is 85.0 cm³/mol. The average molecular weight is 357 g/mol. The molecule has 0 atom stereocenters. The van der Waals surface area contributed by atoms with Crippen molar-refractivity contribution in [1.82, 2.24) is 0 Å². The summed E-state index contributed by atoms with van der Waals surface area (Å²) in [5, 5.41) is 0.292. The molecule has 0 amide bonds. The number of halogens is 3. The lowest BCUT2D eigenvalue weighted by Gasteiger charge is -2.13. The Morgan fingerprint density at radius 2 is 1.62 bits per heavy atom. The van der Waals surface area contributed by atoms with Crippen LogP contribution in [-0.4, -0.2) is 13.9 Å². The van der Waals surface area contributed by atoms with Gasteiger partial charge < -0.3 is 4.18 Å². The molecular formula is C17H11F3O3S. The van der Waals surface area contributed by atoms with E-state index in [2.05, 4.69) is 4.18 Å². The van der Waals surface area contributed by atoms with Gasteiger partial charge in [0.05, 0.1) is 6.85 Å². The van der Waals surface area contributed by atoms with Gasteiger partial charge in [0.25, 0.3) is 0 Å². The molecule has 0 fully saturated rings. The van der Waals surface area contributed by atoms with Crippen LogP contribution < -0.4 is 4.18 Å². The summed E-state index contributed by atoms with van der Waals surface area (Å²) >= 11 is 0. The van der Waals surface area contributed by atoms with E-state index in [0.717, 1.165) is 6.07 Å². The highest BCUT2D eigenvalue weighted by molar-refractivity contribution is 7.88. The topological polar surface area (TPSA) is 43.4 Å². The third-order valence-corrected chi connectivity index (χ3v) is 4.06. The second kappa shape index (κ2) is 5.83. The Morgan fingerprint density at radius 3 is 2.29 bits per heavy atom. The average Bonchev–Trinajstić information content (AvgIpc) is 2.64. The number of hydrogen-bond donors (Lipinski definition) is 0. The van der Waals surface area contributed by atoms with Gasteiger partial charge in [-0.15, -0.1) is 0 Å². The highest BCUT2D eigenvalue weighted by atomic mass is 32.2. The molecule has 124 valence electrons. The second-order valence-electron chi connectivity index (χ2n) is 4.68. The number of hydrogen-bond acceptors (Lipinski definition) is 3. The zero-order valence-electron chi connectivity index (χ0n) is 16.7. The Bertz CT molecular complexity index is 1210. The maximum atomic E-state index is 12.8. The van der Waals surface area contributed by atoms with Gasteiger partial charge in [0.1, 0.15) is 0 Å². The lowest BCUT2D eigenvalue weighted by Crippen LogP contribution is -2.28. The largest absolute Gasteiger partial charge is 0.534 e. The van der Waals surface area contributed by atoms with Gasteiger partial charge in [-0.2, -0.15) is 21.6 Å². The van der Waals surface area contributed by atoms with E-state index in [-0.39, 0.29) is 21.9 Å². The van der Waals surface area contributed by atoms with Crippen molar-refractivity contribution in [3.8, 4) is 16.9 Å². The van der Waals surface area contributed by atoms with E-state index >= 15 is 0 Å². The number of fused-ring (bicyclic) bond motifs is 1. The summed E-state index contributed by atoms with van der Waals surface area (Å²) in [5.41, 5.74) is -6.05. The highest BCUT2D eigenvalue weighted by Crippen LogP contribution is 2.35. The Morgan fingerprint density at radius 1 is 0.958 bits per heavy atom. The van der Waals surface area contributed by atoms with Crippen LogP contribution in [0, 0.1) is 0 Å². The van der Waals surface area contributed by atoms with Crippen LogP contribution in [0.15, 0.2) is 66.6 Å². The molecule has 0 aliphatic rings. The predicted octanol–water partition coefficient (Wildman–Crippen LogP) is 4.74. The van der Waals surface area contributed by atoms with Crippen LogP contribution in [0.1, 0.15) is 6.85 Å². The third-order valence-electron chi connectivity index (χ3n) is 3.10. The molecule has 0 aliphatic carbocycles. The first kappa shape index (κ1) is 11.1. The number of rotatable bonds is 3. The van der Waals surface area contributed by atoms with Gasteiger partial charge in [0, 0.05) is 5.39 Å². The van der Waals surface area contributed by atoms with Crippen molar-refractivity contribution < 1.29 is 32.6 Å². The monoisotopic (exact) mass is 357 g/mol. The highest BCUT2D eigenvalue weighted by Gasteiger charge is 2.48. The molecule has 0 spiro atoms. The van der Waals surface area contributed by atoms with Crippen LogP contribution in [0.4, 0.5) is 13.2 Å². The smallest absolute Gasteiger partial charge is 0.375 e. The summed E-state index contributed by atoms with van der Waals surface area (Å²) in [6, 6.07) is 4.97. The Labute approximate surface area is 143 Å². The zero-order valence-corrected chi connectivity index (χ0v) is 12.5. The lowest BCUT2D eigenvalue weighted by molar-refractivity contribution is -0.0499. The van der Waals surface area contributed by atoms with Crippen LogP contribution >= 0.6 is 0 Å². The SMILES string of the molecule is [2H]c1c([2H])c([2H])c(-c2cc(OS(=O)(=O)C(F)(F)F)c3ccccc3c2)c([2H])c1[2H]. The molecule has 0 saturated carbocycles. The van der Waals surface area contributed by atoms with E-state index in [1.54, 1.807) is 0 Å². The minimum absolute atomic E-state index is 0.0384. The molecule has 0 radical (unpaired) electrons. The van der Waals surface area contributed by atoms with Crippen molar-refractivity contribution in [3.05, 3.63) is 66.6 Å². The van der Waals surface area contributed by atoms with Crippen molar-refractivity contribution in [2.45, 2.75) is 5.51 Å². The van der Waals surface area contributed by atoms with Crippen molar-refractivity contribution in [2.24, 2.45) is 0 Å². The van der Waals surface area contributed by atoms with Gasteiger partial charge in [0.2, 0.25) is 0 Å². The minimum atomic E-state index is -5.98. The number of benzene rings is 3. The maximum Gasteiger partial charge on any atom is 0.534 e. The van der Waals surface area contributed by atoms with E-state index in [4.69, 9.17) is 6.85 Å². The normalized spacial score (nSPS) is 15.2. The molecule has 0 N–H and O–H groups in total. The summed E-state index contributed by atoms with van der Waals surface area (Å²) < 4.78 is 105. The summed E-state index contributed by atoms with van der Waals surface area (Å²) in [6.45, 7) is 0. The van der Waals surface area contributed by atoms with E-state index in [1.807, 2.05) is 0 Å². The van der Waals surface area contributed by atoms with Crippen molar-refractivity contribution in [1.29, 1.82) is 0 Å². The Balaban J connectivity index is 2.34. The van der Waals surface area contributed by atoms with Gasteiger partial charge in [-0.05, 0) is 28.6 Å². The molecule has 0 aromatic heterocycles. The fourth-order valence-electron chi connectivity index (χ4n) is 2.05. The number of alkyl halides is 3. The first-order valence-corrected chi connectivity index (χ1v) is 7.87. The van der Waals surface area contributed by atoms with E-state index in [0.29, 0.717) is 0 Å². The first-order chi connectivity index (χ1) is 13.3. The first-order valence-electron chi connectivity index (χ1n) is 8.96. The molecule has 3 aromatic rings. The van der Waals surface area contributed by atoms with Crippen LogP contribution in [-0.2, 0) is 10.1 Å². The van der Waals surface area contributed by atoms with Gasteiger partial charge in [0.15, 0.2) is 5.75 Å². The standard InChI is InChI=1S/C17H11F3O3S/c18-17(19,20)24(21,22)23-16-11-14(12-6-2-1-3-7-12)10-13-8-4-5-9-15(13)16/h1-11H/i1D,2D,3D,6D,7D. The van der Waals surface area contributed by atoms with E-state index < -0.39 is 51.6 Å². The summed E-state index contributed by atoms with van der Waals surface area (Å²) in [7, 11) is -5.98. The molecule has 0 saturated heterocycles. The lowest BCUT2D eigenvalue weighted by atomic mass is 10.0. The Hall–Kier alpha value is -2.54. The zero-order chi connectivity index (χ0) is 21.7. The van der Waals surface area contributed by atoms with Gasteiger partial charge >= 0.3 is 15.6 Å².